The molecule has 9 heavy (non-hydrogen) atoms. The number of hydrogen-bond acceptors (Lipinski definition) is 4. The highest BCUT2D eigenvalue weighted by Gasteiger charge is 2.33. The topological polar surface area (TPSA) is 69.9 Å². The zero-order chi connectivity index (χ0) is 6.85. The average molecular weight is 134 g/mol. The molecule has 1 fully saturated rings. The summed E-state index contributed by atoms with van der Waals surface area (Å²) in [6.45, 7) is -0.120. The Bertz CT molecular complexity index is 95.0. The number of rotatable bonds is 1. The quantitative estimate of drug-likeness (QED) is 0.392. The van der Waals surface area contributed by atoms with E-state index in [2.05, 4.69) is 0 Å². The molecule has 0 bridgehead atoms. The molecule has 1 heterocycles. The van der Waals surface area contributed by atoms with Crippen LogP contribution in [0.4, 0.5) is 0 Å². The van der Waals surface area contributed by atoms with Crippen molar-refractivity contribution in [3.8, 4) is 0 Å². The summed E-state index contributed by atoms with van der Waals surface area (Å²) in [5.74, 6) is 0. The zero-order valence-electron chi connectivity index (χ0n) is 4.90. The summed E-state index contributed by atoms with van der Waals surface area (Å²) < 4.78 is 4.78. The largest absolute Gasteiger partial charge is 0.394 e. The van der Waals surface area contributed by atoms with Crippen molar-refractivity contribution in [3.63, 3.8) is 0 Å². The molecule has 1 aliphatic rings. The predicted octanol–water partition coefficient (Wildman–Crippen LogP) is -1.90. The lowest BCUT2D eigenvalue weighted by Gasteiger charge is -2.10. The molecule has 1 rings (SSSR count). The van der Waals surface area contributed by atoms with Gasteiger partial charge in [-0.1, -0.05) is 0 Å². The Balaban J connectivity index is 2.41. The van der Waals surface area contributed by atoms with Crippen LogP contribution in [0.1, 0.15) is 0 Å². The van der Waals surface area contributed by atoms with E-state index in [1.54, 1.807) is 0 Å². The van der Waals surface area contributed by atoms with E-state index < -0.39 is 18.3 Å². The molecule has 0 saturated carbocycles. The van der Waals surface area contributed by atoms with E-state index >= 15 is 0 Å². The molecule has 4 heteroatoms. The Labute approximate surface area is 52.7 Å². The molecule has 0 radical (unpaired) electrons. The van der Waals surface area contributed by atoms with Crippen molar-refractivity contribution in [1.29, 1.82) is 0 Å². The van der Waals surface area contributed by atoms with E-state index in [0.29, 0.717) is 0 Å². The summed E-state index contributed by atoms with van der Waals surface area (Å²) in [6.07, 6.45) is -2.35. The van der Waals surface area contributed by atoms with Crippen LogP contribution < -0.4 is 0 Å². The second-order valence-corrected chi connectivity index (χ2v) is 2.11. The van der Waals surface area contributed by atoms with E-state index in [4.69, 9.17) is 20.1 Å². The Hall–Kier alpha value is -0.160. The number of ether oxygens (including phenoxy) is 1. The standard InChI is InChI=1S/C5H10O4/c6-1-4-5(8)3(7)2-9-4/h3-8H,1-2H2/t3-,4+,5-/m1/s1. The van der Waals surface area contributed by atoms with Crippen LogP contribution in [0.25, 0.3) is 0 Å². The Morgan fingerprint density at radius 2 is 2.11 bits per heavy atom. The third kappa shape index (κ3) is 1.21. The minimum Gasteiger partial charge on any atom is -0.394 e. The van der Waals surface area contributed by atoms with Crippen molar-refractivity contribution >= 4 is 0 Å². The molecule has 0 aliphatic carbocycles. The smallest absolute Gasteiger partial charge is 0.110 e. The van der Waals surface area contributed by atoms with Crippen molar-refractivity contribution in [3.05, 3.63) is 0 Å². The molecule has 4 nitrogen and oxygen atoms in total. The van der Waals surface area contributed by atoms with Gasteiger partial charge in [0.15, 0.2) is 0 Å². The molecule has 3 atom stereocenters. The van der Waals surface area contributed by atoms with Crippen molar-refractivity contribution in [2.24, 2.45) is 0 Å². The van der Waals surface area contributed by atoms with Gasteiger partial charge in [0.2, 0.25) is 0 Å². The molecule has 0 aromatic heterocycles. The maximum absolute atomic E-state index is 8.92. The molecule has 1 saturated heterocycles. The van der Waals surface area contributed by atoms with E-state index in [9.17, 15) is 0 Å². The molecule has 0 aromatic rings. The summed E-state index contributed by atoms with van der Waals surface area (Å²) in [6, 6.07) is 0. The summed E-state index contributed by atoms with van der Waals surface area (Å²) in [7, 11) is 0. The number of aliphatic hydroxyl groups is 3. The van der Waals surface area contributed by atoms with Gasteiger partial charge in [-0.25, -0.2) is 0 Å². The minimum absolute atomic E-state index is 0.117. The maximum Gasteiger partial charge on any atom is 0.110 e. The SMILES string of the molecule is OC[C@@H]1OC[C@@H](O)[C@H]1O. The molecule has 0 amide bonds. The van der Waals surface area contributed by atoms with Crippen LogP contribution in [-0.2, 0) is 4.74 Å². The van der Waals surface area contributed by atoms with Gasteiger partial charge in [0.1, 0.15) is 18.3 Å². The second kappa shape index (κ2) is 2.62. The molecule has 0 unspecified atom stereocenters. The Morgan fingerprint density at radius 1 is 1.44 bits per heavy atom. The zero-order valence-corrected chi connectivity index (χ0v) is 4.90. The maximum atomic E-state index is 8.92. The minimum atomic E-state index is -0.921. The fourth-order valence-corrected chi connectivity index (χ4v) is 0.828. The number of aliphatic hydroxyl groups excluding tert-OH is 3. The van der Waals surface area contributed by atoms with Crippen LogP contribution in [0, 0.1) is 0 Å². The number of hydrogen-bond donors (Lipinski definition) is 3. The monoisotopic (exact) mass is 134 g/mol. The van der Waals surface area contributed by atoms with Crippen LogP contribution in [-0.4, -0.2) is 46.8 Å². The van der Waals surface area contributed by atoms with Gasteiger partial charge >= 0.3 is 0 Å². The fraction of sp³-hybridized carbons (Fsp3) is 1.00. The first-order valence-electron chi connectivity index (χ1n) is 2.84. The van der Waals surface area contributed by atoms with Crippen LogP contribution in [0.2, 0.25) is 0 Å². The lowest BCUT2D eigenvalue weighted by Crippen LogP contribution is -2.31. The second-order valence-electron chi connectivity index (χ2n) is 2.11. The summed E-state index contributed by atoms with van der Waals surface area (Å²) in [5.41, 5.74) is 0. The normalized spacial score (nSPS) is 43.7. The van der Waals surface area contributed by atoms with E-state index in [0.717, 1.165) is 0 Å². The first kappa shape index (κ1) is 6.95. The van der Waals surface area contributed by atoms with Gasteiger partial charge in [0.05, 0.1) is 13.2 Å². The first-order valence-corrected chi connectivity index (χ1v) is 2.84. The van der Waals surface area contributed by atoms with Crippen molar-refractivity contribution in [2.75, 3.05) is 13.2 Å². The van der Waals surface area contributed by atoms with Gasteiger partial charge < -0.3 is 20.1 Å². The fourth-order valence-electron chi connectivity index (χ4n) is 0.828. The molecule has 1 aliphatic heterocycles. The van der Waals surface area contributed by atoms with Gasteiger partial charge in [-0.2, -0.15) is 0 Å². The lowest BCUT2D eigenvalue weighted by molar-refractivity contribution is -0.00588. The van der Waals surface area contributed by atoms with Gasteiger partial charge in [-0.3, -0.25) is 0 Å². The average Bonchev–Trinajstić information content (AvgIpc) is 2.15. The van der Waals surface area contributed by atoms with Gasteiger partial charge in [0, 0.05) is 0 Å². The Kier molecular flexibility index (Phi) is 2.02. The van der Waals surface area contributed by atoms with E-state index in [-0.39, 0.29) is 13.2 Å². The Morgan fingerprint density at radius 3 is 2.33 bits per heavy atom. The van der Waals surface area contributed by atoms with Crippen LogP contribution >= 0.6 is 0 Å². The molecule has 0 aromatic carbocycles. The molecule has 3 N–H and O–H groups in total. The highest BCUT2D eigenvalue weighted by Crippen LogP contribution is 2.12. The lowest BCUT2D eigenvalue weighted by atomic mass is 10.2. The summed E-state index contributed by atoms with van der Waals surface area (Å²) >= 11 is 0. The summed E-state index contributed by atoms with van der Waals surface area (Å²) in [4.78, 5) is 0. The molecular formula is C5H10O4. The highest BCUT2D eigenvalue weighted by atomic mass is 16.5. The van der Waals surface area contributed by atoms with Gasteiger partial charge in [-0.15, -0.1) is 0 Å². The molecule has 0 spiro atoms. The van der Waals surface area contributed by atoms with Gasteiger partial charge in [0.25, 0.3) is 0 Å². The van der Waals surface area contributed by atoms with Crippen molar-refractivity contribution in [2.45, 2.75) is 18.3 Å². The van der Waals surface area contributed by atoms with E-state index in [1.807, 2.05) is 0 Å². The van der Waals surface area contributed by atoms with Crippen LogP contribution in [0.5, 0.6) is 0 Å². The first-order chi connectivity index (χ1) is 4.25. The highest BCUT2D eigenvalue weighted by molar-refractivity contribution is 4.81. The van der Waals surface area contributed by atoms with Crippen molar-refractivity contribution in [1.82, 2.24) is 0 Å². The third-order valence-electron chi connectivity index (χ3n) is 1.44. The van der Waals surface area contributed by atoms with E-state index in [1.165, 1.54) is 0 Å². The summed E-state index contributed by atoms with van der Waals surface area (Å²) in [5, 5.41) is 26.2. The van der Waals surface area contributed by atoms with Gasteiger partial charge in [-0.05, 0) is 0 Å². The van der Waals surface area contributed by atoms with Crippen LogP contribution in [0.3, 0.4) is 0 Å². The van der Waals surface area contributed by atoms with Crippen LogP contribution in [0.15, 0.2) is 0 Å². The molecular weight excluding hydrogens is 124 g/mol. The van der Waals surface area contributed by atoms with Crippen molar-refractivity contribution < 1.29 is 20.1 Å². The third-order valence-corrected chi connectivity index (χ3v) is 1.44. The molecule has 54 valence electrons. The predicted molar refractivity (Wildman–Crippen MR) is 28.8 cm³/mol.